The molecule has 374 valence electrons. The number of hydrogen-bond acceptors (Lipinski definition) is 3. The highest BCUT2D eigenvalue weighted by molar-refractivity contribution is 5.65. The Balaban J connectivity index is 1.15. The van der Waals surface area contributed by atoms with Crippen LogP contribution in [0.15, 0.2) is 97.1 Å². The van der Waals surface area contributed by atoms with Crippen molar-refractivity contribution in [3.05, 3.63) is 119 Å². The molecule has 0 aliphatic heterocycles. The first-order valence-corrected chi connectivity index (χ1v) is 28.7. The van der Waals surface area contributed by atoms with Gasteiger partial charge in [0.2, 0.25) is 0 Å². The molecule has 0 amide bonds. The summed E-state index contributed by atoms with van der Waals surface area (Å²) in [5, 5.41) is 17.9. The smallest absolute Gasteiger partial charge is 0.108 e. The summed E-state index contributed by atoms with van der Waals surface area (Å²) in [6.45, 7) is 3.27. The Morgan fingerprint density at radius 2 is 0.662 bits per heavy atom. The molecular weight excluding hydrogens is 827 g/mol. The number of unbranched alkanes of at least 4 members (excludes halogenated alkanes) is 31. The average Bonchev–Trinajstić information content (AvgIpc) is 3.38. The van der Waals surface area contributed by atoms with Crippen LogP contribution in [-0.2, 0) is 17.6 Å². The fourth-order valence-corrected chi connectivity index (χ4v) is 9.94. The Morgan fingerprint density at radius 1 is 0.368 bits per heavy atom. The van der Waals surface area contributed by atoms with Gasteiger partial charge >= 0.3 is 0 Å². The zero-order valence-electron chi connectivity index (χ0n) is 43.5. The molecular formula is C65H97NO2. The molecule has 0 aliphatic rings. The molecule has 0 saturated heterocycles. The minimum atomic E-state index is -0.122. The molecule has 4 aromatic carbocycles. The van der Waals surface area contributed by atoms with E-state index in [1.54, 1.807) is 0 Å². The van der Waals surface area contributed by atoms with Gasteiger partial charge in [-0.3, -0.25) is 0 Å². The number of hydrogen-bond donors (Lipinski definition) is 1. The molecule has 0 heterocycles. The van der Waals surface area contributed by atoms with Crippen molar-refractivity contribution in [1.82, 2.24) is 0 Å². The highest BCUT2D eigenvalue weighted by Gasteiger charge is 2.16. The summed E-state index contributed by atoms with van der Waals surface area (Å²) in [5.74, 6) is 0. The summed E-state index contributed by atoms with van der Waals surface area (Å²) >= 11 is 0. The first-order valence-electron chi connectivity index (χ1n) is 28.7. The number of nitriles is 1. The van der Waals surface area contributed by atoms with E-state index < -0.39 is 0 Å². The van der Waals surface area contributed by atoms with Crippen LogP contribution in [0.25, 0.3) is 22.3 Å². The van der Waals surface area contributed by atoms with Gasteiger partial charge < -0.3 is 9.84 Å². The standard InChI is InChI=1S/C65H97NO2/c1-2-3-4-5-6-7-8-9-11-14-17-20-23-26-31-36-57-38-42-59(43-39-57)61-46-50-63(51-47-61)65(68-56-35-30-29-34-55-67)64-52-48-62(49-53-64)60-44-40-58(41-45-60)37-32-27-24-21-18-15-12-10-13-16-19-22-25-28-33-54-66/h38-53,65,67H,2-37,55-56H2,1H3. The van der Waals surface area contributed by atoms with Gasteiger partial charge in [-0.25, -0.2) is 0 Å². The lowest BCUT2D eigenvalue weighted by molar-refractivity contribution is 0.0766. The van der Waals surface area contributed by atoms with Gasteiger partial charge in [0.15, 0.2) is 0 Å². The highest BCUT2D eigenvalue weighted by Crippen LogP contribution is 2.32. The predicted molar refractivity (Wildman–Crippen MR) is 294 cm³/mol. The third kappa shape index (κ3) is 25.8. The Labute approximate surface area is 418 Å². The Kier molecular flexibility index (Phi) is 32.7. The lowest BCUT2D eigenvalue weighted by Gasteiger charge is -2.20. The van der Waals surface area contributed by atoms with Crippen LogP contribution < -0.4 is 0 Å². The van der Waals surface area contributed by atoms with Crippen LogP contribution in [0.4, 0.5) is 0 Å². The molecule has 0 aliphatic carbocycles. The number of rotatable bonds is 43. The summed E-state index contributed by atoms with van der Waals surface area (Å²) < 4.78 is 6.66. The van der Waals surface area contributed by atoms with E-state index in [0.29, 0.717) is 6.61 Å². The molecule has 0 bridgehead atoms. The average molecular weight is 924 g/mol. The topological polar surface area (TPSA) is 53.2 Å². The SMILES string of the molecule is CCCCCCCCCCCCCCCCCc1ccc(-c2ccc(C(OCCCCCCO)c3ccc(-c4ccc(CCCCCCCCCCCCCCCCC#N)cc4)cc3)cc2)cc1. The van der Waals surface area contributed by atoms with E-state index in [0.717, 1.165) is 38.5 Å². The highest BCUT2D eigenvalue weighted by atomic mass is 16.5. The van der Waals surface area contributed by atoms with Crippen LogP contribution in [0.2, 0.25) is 0 Å². The third-order valence-corrected chi connectivity index (χ3v) is 14.4. The van der Waals surface area contributed by atoms with Crippen LogP contribution in [0.1, 0.15) is 254 Å². The van der Waals surface area contributed by atoms with Gasteiger partial charge in [0.1, 0.15) is 6.10 Å². The number of aliphatic hydroxyl groups excluding tert-OH is 1. The van der Waals surface area contributed by atoms with E-state index in [4.69, 9.17) is 10.00 Å². The summed E-state index contributed by atoms with van der Waals surface area (Å²) in [7, 11) is 0. The van der Waals surface area contributed by atoms with Crippen molar-refractivity contribution < 1.29 is 9.84 Å². The molecule has 0 radical (unpaired) electrons. The summed E-state index contributed by atoms with van der Waals surface area (Å²) in [6.07, 6.45) is 46.7. The van der Waals surface area contributed by atoms with Crippen LogP contribution in [0.3, 0.4) is 0 Å². The molecule has 1 unspecified atom stereocenters. The molecule has 0 fully saturated rings. The van der Waals surface area contributed by atoms with Crippen molar-refractivity contribution in [2.45, 2.75) is 244 Å². The normalized spacial score (nSPS) is 11.8. The van der Waals surface area contributed by atoms with Crippen molar-refractivity contribution in [1.29, 1.82) is 5.26 Å². The van der Waals surface area contributed by atoms with Crippen LogP contribution in [0.5, 0.6) is 0 Å². The molecule has 3 nitrogen and oxygen atoms in total. The molecule has 3 heteroatoms. The van der Waals surface area contributed by atoms with Crippen molar-refractivity contribution >= 4 is 0 Å². The molecule has 0 aromatic heterocycles. The molecule has 4 aromatic rings. The second-order valence-corrected chi connectivity index (χ2v) is 20.3. The Hall–Kier alpha value is -3.71. The zero-order valence-corrected chi connectivity index (χ0v) is 43.5. The van der Waals surface area contributed by atoms with E-state index >= 15 is 0 Å². The number of ether oxygens (including phenoxy) is 1. The fraction of sp³-hybridized carbons (Fsp3) is 0.615. The largest absolute Gasteiger partial charge is 0.396 e. The molecule has 4 rings (SSSR count). The maximum Gasteiger partial charge on any atom is 0.108 e. The summed E-state index contributed by atoms with van der Waals surface area (Å²) in [6, 6.07) is 38.9. The van der Waals surface area contributed by atoms with Gasteiger partial charge in [-0.15, -0.1) is 0 Å². The number of aliphatic hydroxyl groups is 1. The van der Waals surface area contributed by atoms with E-state index in [1.165, 1.54) is 237 Å². The molecule has 68 heavy (non-hydrogen) atoms. The zero-order chi connectivity index (χ0) is 47.8. The van der Waals surface area contributed by atoms with E-state index in [1.807, 2.05) is 0 Å². The monoisotopic (exact) mass is 924 g/mol. The second-order valence-electron chi connectivity index (χ2n) is 20.3. The van der Waals surface area contributed by atoms with Gasteiger partial charge in [-0.1, -0.05) is 284 Å². The molecule has 0 spiro atoms. The third-order valence-electron chi connectivity index (χ3n) is 14.4. The van der Waals surface area contributed by atoms with Crippen molar-refractivity contribution in [2.75, 3.05) is 13.2 Å². The summed E-state index contributed by atoms with van der Waals surface area (Å²) in [5.41, 5.74) is 10.3. The number of aryl methyl sites for hydroxylation is 2. The quantitative estimate of drug-likeness (QED) is 0.0450. The Morgan fingerprint density at radius 3 is 1.00 bits per heavy atom. The molecule has 0 saturated carbocycles. The van der Waals surface area contributed by atoms with Gasteiger partial charge in [-0.2, -0.15) is 5.26 Å². The number of benzene rings is 4. The van der Waals surface area contributed by atoms with Crippen LogP contribution in [-0.4, -0.2) is 18.3 Å². The van der Waals surface area contributed by atoms with Gasteiger partial charge in [0.25, 0.3) is 0 Å². The first kappa shape index (κ1) is 56.9. The minimum absolute atomic E-state index is 0.122. The Bertz CT molecular complexity index is 1790. The van der Waals surface area contributed by atoms with E-state index in [2.05, 4.69) is 110 Å². The van der Waals surface area contributed by atoms with E-state index in [-0.39, 0.29) is 12.7 Å². The van der Waals surface area contributed by atoms with Gasteiger partial charge in [-0.05, 0) is 89.5 Å². The lowest BCUT2D eigenvalue weighted by Crippen LogP contribution is -2.08. The fourth-order valence-electron chi connectivity index (χ4n) is 9.94. The second kappa shape index (κ2) is 39.1. The van der Waals surface area contributed by atoms with E-state index in [9.17, 15) is 5.11 Å². The summed E-state index contributed by atoms with van der Waals surface area (Å²) in [4.78, 5) is 0. The van der Waals surface area contributed by atoms with Crippen LogP contribution >= 0.6 is 0 Å². The lowest BCUT2D eigenvalue weighted by atomic mass is 9.95. The minimum Gasteiger partial charge on any atom is -0.396 e. The van der Waals surface area contributed by atoms with Crippen molar-refractivity contribution in [3.63, 3.8) is 0 Å². The maximum atomic E-state index is 9.24. The van der Waals surface area contributed by atoms with Crippen molar-refractivity contribution in [3.8, 4) is 28.3 Å². The van der Waals surface area contributed by atoms with Crippen LogP contribution in [0, 0.1) is 11.3 Å². The first-order chi connectivity index (χ1) is 33.7. The maximum absolute atomic E-state index is 9.24. The van der Waals surface area contributed by atoms with Gasteiger partial charge in [0.05, 0.1) is 6.07 Å². The molecule has 1 atom stereocenters. The molecule has 1 N–H and O–H groups in total. The number of nitrogens with zero attached hydrogens (tertiary/aromatic N) is 1. The van der Waals surface area contributed by atoms with Crippen molar-refractivity contribution in [2.24, 2.45) is 0 Å². The predicted octanol–water partition coefficient (Wildman–Crippen LogP) is 20.0. The van der Waals surface area contributed by atoms with Gasteiger partial charge in [0, 0.05) is 19.6 Å².